The minimum atomic E-state index is -4.42. The van der Waals surface area contributed by atoms with E-state index in [0.29, 0.717) is 61.5 Å². The first-order valence-electron chi connectivity index (χ1n) is 13.3. The zero-order chi connectivity index (χ0) is 28.8. The van der Waals surface area contributed by atoms with Crippen LogP contribution in [0.2, 0.25) is 0 Å². The molecule has 1 aliphatic heterocycles. The fourth-order valence-electron chi connectivity index (χ4n) is 4.78. The zero-order valence-electron chi connectivity index (χ0n) is 22.1. The van der Waals surface area contributed by atoms with Crippen molar-refractivity contribution >= 4 is 23.2 Å². The molecule has 1 aliphatic rings. The number of amides is 2. The molecule has 2 amide bonds. The van der Waals surface area contributed by atoms with E-state index in [1.165, 1.54) is 23.5 Å². The van der Waals surface area contributed by atoms with Gasteiger partial charge in [0.25, 0.3) is 11.8 Å². The van der Waals surface area contributed by atoms with Crippen LogP contribution in [-0.2, 0) is 6.18 Å². The second-order valence-electron chi connectivity index (χ2n) is 9.68. The largest absolute Gasteiger partial charge is 0.492 e. The number of alkyl halides is 3. The van der Waals surface area contributed by atoms with E-state index in [1.807, 2.05) is 30.3 Å². The summed E-state index contributed by atoms with van der Waals surface area (Å²) in [6.07, 6.45) is -3.01. The van der Waals surface area contributed by atoms with Gasteiger partial charge in [-0.2, -0.15) is 13.2 Å². The first-order valence-corrected chi connectivity index (χ1v) is 14.1. The van der Waals surface area contributed by atoms with Gasteiger partial charge >= 0.3 is 6.18 Å². The number of rotatable bonds is 8. The van der Waals surface area contributed by atoms with Crippen molar-refractivity contribution < 1.29 is 27.5 Å². The molecule has 6 nitrogen and oxygen atoms in total. The van der Waals surface area contributed by atoms with Crippen molar-refractivity contribution in [2.45, 2.75) is 24.9 Å². The van der Waals surface area contributed by atoms with Gasteiger partial charge in [0.05, 0.1) is 17.1 Å². The van der Waals surface area contributed by atoms with E-state index in [0.717, 1.165) is 22.9 Å². The predicted molar refractivity (Wildman–Crippen MR) is 151 cm³/mol. The fraction of sp³-hybridized carbons (Fsp3) is 0.258. The standard InChI is InChI=1S/C31H28F3N3O3S/c32-31(33,34)23-12-10-21(11-13-23)25-8-4-5-9-26(25)30(39)37-17-14-22(15-18-37)29-36-27(20-41-29)28(38)35-16-19-40-24-6-2-1-3-7-24/h1-13,20,22H,14-19H2,(H,35,38). The summed E-state index contributed by atoms with van der Waals surface area (Å²) in [5, 5.41) is 5.45. The number of hydrogen-bond donors (Lipinski definition) is 1. The van der Waals surface area contributed by atoms with E-state index in [2.05, 4.69) is 10.3 Å². The summed E-state index contributed by atoms with van der Waals surface area (Å²) in [7, 11) is 0. The average Bonchev–Trinajstić information content (AvgIpc) is 3.50. The molecule has 5 rings (SSSR count). The lowest BCUT2D eigenvalue weighted by Gasteiger charge is -2.31. The molecule has 10 heteroatoms. The van der Waals surface area contributed by atoms with Gasteiger partial charge in [-0.05, 0) is 54.3 Å². The number of halogens is 3. The molecule has 2 heterocycles. The van der Waals surface area contributed by atoms with Crippen LogP contribution in [0.5, 0.6) is 5.75 Å². The zero-order valence-corrected chi connectivity index (χ0v) is 22.9. The molecule has 0 aliphatic carbocycles. The lowest BCUT2D eigenvalue weighted by Crippen LogP contribution is -2.38. The highest BCUT2D eigenvalue weighted by Gasteiger charge is 2.31. The number of likely N-dealkylation sites (tertiary alicyclic amines) is 1. The minimum Gasteiger partial charge on any atom is -0.492 e. The van der Waals surface area contributed by atoms with E-state index in [4.69, 9.17) is 4.74 Å². The summed E-state index contributed by atoms with van der Waals surface area (Å²) < 4.78 is 44.6. The molecule has 0 spiro atoms. The van der Waals surface area contributed by atoms with Gasteiger partial charge < -0.3 is 15.0 Å². The van der Waals surface area contributed by atoms with Crippen LogP contribution in [0.25, 0.3) is 11.1 Å². The highest BCUT2D eigenvalue weighted by atomic mass is 32.1. The Hall–Kier alpha value is -4.18. The summed E-state index contributed by atoms with van der Waals surface area (Å²) in [5.74, 6) is 0.468. The lowest BCUT2D eigenvalue weighted by molar-refractivity contribution is -0.137. The first kappa shape index (κ1) is 28.4. The highest BCUT2D eigenvalue weighted by molar-refractivity contribution is 7.09. The number of thiazole rings is 1. The summed E-state index contributed by atoms with van der Waals surface area (Å²) in [6, 6.07) is 21.2. The maximum absolute atomic E-state index is 13.4. The molecule has 4 aromatic rings. The van der Waals surface area contributed by atoms with Crippen molar-refractivity contribution in [2.75, 3.05) is 26.2 Å². The molecule has 1 saturated heterocycles. The van der Waals surface area contributed by atoms with Gasteiger partial charge in [-0.25, -0.2) is 4.98 Å². The Kier molecular flexibility index (Phi) is 8.68. The minimum absolute atomic E-state index is 0.136. The maximum Gasteiger partial charge on any atom is 0.416 e. The predicted octanol–water partition coefficient (Wildman–Crippen LogP) is 6.66. The molecular weight excluding hydrogens is 551 g/mol. The Bertz CT molecular complexity index is 1480. The van der Waals surface area contributed by atoms with Crippen molar-refractivity contribution in [1.29, 1.82) is 0 Å². The molecule has 0 bridgehead atoms. The third kappa shape index (κ3) is 6.94. The maximum atomic E-state index is 13.4. The van der Waals surface area contributed by atoms with Gasteiger partial charge in [0.1, 0.15) is 18.1 Å². The topological polar surface area (TPSA) is 71.5 Å². The average molecular weight is 580 g/mol. The van der Waals surface area contributed by atoms with Crippen LogP contribution < -0.4 is 10.1 Å². The fourth-order valence-corrected chi connectivity index (χ4v) is 5.75. The second-order valence-corrected chi connectivity index (χ2v) is 10.6. The monoisotopic (exact) mass is 579 g/mol. The summed E-state index contributed by atoms with van der Waals surface area (Å²) in [5.41, 5.74) is 1.24. The van der Waals surface area contributed by atoms with Gasteiger partial charge in [0.15, 0.2) is 0 Å². The van der Waals surface area contributed by atoms with E-state index in [-0.39, 0.29) is 17.7 Å². The Morgan fingerprint density at radius 3 is 2.34 bits per heavy atom. The van der Waals surface area contributed by atoms with Crippen LogP contribution in [-0.4, -0.2) is 47.9 Å². The number of carbonyl (C=O) groups is 2. The van der Waals surface area contributed by atoms with Gasteiger partial charge in [-0.3, -0.25) is 9.59 Å². The third-order valence-electron chi connectivity index (χ3n) is 6.97. The van der Waals surface area contributed by atoms with Crippen LogP contribution in [0.15, 0.2) is 84.2 Å². The van der Waals surface area contributed by atoms with E-state index < -0.39 is 11.7 Å². The van der Waals surface area contributed by atoms with Crippen LogP contribution in [0.1, 0.15) is 50.2 Å². The van der Waals surface area contributed by atoms with Crippen LogP contribution in [0.4, 0.5) is 13.2 Å². The number of carbonyl (C=O) groups excluding carboxylic acids is 2. The van der Waals surface area contributed by atoms with Crippen molar-refractivity contribution in [3.8, 4) is 16.9 Å². The molecule has 212 valence electrons. The molecule has 0 radical (unpaired) electrons. The van der Waals surface area contributed by atoms with Crippen molar-refractivity contribution in [2.24, 2.45) is 0 Å². The Labute approximate surface area is 239 Å². The van der Waals surface area contributed by atoms with Crippen molar-refractivity contribution in [3.05, 3.63) is 106 Å². The first-order chi connectivity index (χ1) is 19.8. The number of ether oxygens (including phenoxy) is 1. The SMILES string of the molecule is O=C(NCCOc1ccccc1)c1csc(C2CCN(C(=O)c3ccccc3-c3ccc(C(F)(F)F)cc3)CC2)n1. The summed E-state index contributed by atoms with van der Waals surface area (Å²) in [6.45, 7) is 1.74. The number of para-hydroxylation sites is 1. The smallest absolute Gasteiger partial charge is 0.416 e. The molecule has 1 fully saturated rings. The summed E-state index contributed by atoms with van der Waals surface area (Å²) >= 11 is 1.44. The Balaban J connectivity index is 1.15. The third-order valence-corrected chi connectivity index (χ3v) is 7.97. The van der Waals surface area contributed by atoms with Gasteiger partial charge in [-0.1, -0.05) is 48.5 Å². The van der Waals surface area contributed by atoms with E-state index in [1.54, 1.807) is 34.5 Å². The molecule has 1 N–H and O–H groups in total. The van der Waals surface area contributed by atoms with E-state index in [9.17, 15) is 22.8 Å². The van der Waals surface area contributed by atoms with Crippen LogP contribution in [0.3, 0.4) is 0 Å². The molecule has 3 aromatic carbocycles. The molecule has 41 heavy (non-hydrogen) atoms. The molecular formula is C31H28F3N3O3S. The lowest BCUT2D eigenvalue weighted by atomic mass is 9.94. The van der Waals surface area contributed by atoms with Gasteiger partial charge in [0.2, 0.25) is 0 Å². The number of nitrogens with zero attached hydrogens (tertiary/aromatic N) is 2. The Morgan fingerprint density at radius 2 is 1.63 bits per heavy atom. The number of piperidine rings is 1. The number of benzene rings is 3. The van der Waals surface area contributed by atoms with Gasteiger partial charge in [0, 0.05) is 30.0 Å². The van der Waals surface area contributed by atoms with Crippen molar-refractivity contribution in [1.82, 2.24) is 15.2 Å². The quantitative estimate of drug-likeness (QED) is 0.237. The number of aromatic nitrogens is 1. The molecule has 0 saturated carbocycles. The normalized spacial score (nSPS) is 14.1. The van der Waals surface area contributed by atoms with Crippen LogP contribution in [0, 0.1) is 0 Å². The van der Waals surface area contributed by atoms with E-state index >= 15 is 0 Å². The van der Waals surface area contributed by atoms with Crippen LogP contribution >= 0.6 is 11.3 Å². The second kappa shape index (κ2) is 12.6. The highest BCUT2D eigenvalue weighted by Crippen LogP contribution is 2.34. The van der Waals surface area contributed by atoms with Gasteiger partial charge in [-0.15, -0.1) is 11.3 Å². The summed E-state index contributed by atoms with van der Waals surface area (Å²) in [4.78, 5) is 32.3. The Morgan fingerprint density at radius 1 is 0.951 bits per heavy atom. The number of nitrogens with one attached hydrogen (secondary N) is 1. The van der Waals surface area contributed by atoms with Crippen molar-refractivity contribution in [3.63, 3.8) is 0 Å². The molecule has 0 atom stereocenters. The molecule has 1 aromatic heterocycles. The number of hydrogen-bond acceptors (Lipinski definition) is 5. The molecule has 0 unspecified atom stereocenters.